The van der Waals surface area contributed by atoms with E-state index in [1.807, 2.05) is 25.5 Å². The molecule has 0 bridgehead atoms. The highest BCUT2D eigenvalue weighted by atomic mass is 16.3. The minimum atomic E-state index is 0.135. The summed E-state index contributed by atoms with van der Waals surface area (Å²) in [6.45, 7) is 5.12. The molecule has 0 aliphatic rings. The van der Waals surface area contributed by atoms with Gasteiger partial charge in [0.15, 0.2) is 0 Å². The zero-order valence-electron chi connectivity index (χ0n) is 12.5. The first-order chi connectivity index (χ1) is 10.3. The van der Waals surface area contributed by atoms with Crippen LogP contribution in [0.3, 0.4) is 0 Å². The molecule has 1 N–H and O–H groups in total. The topological polar surface area (TPSA) is 38.1 Å². The van der Waals surface area contributed by atoms with Crippen LogP contribution in [0, 0.1) is 6.92 Å². The van der Waals surface area contributed by atoms with E-state index in [2.05, 4.69) is 47.6 Å². The Morgan fingerprint density at radius 3 is 2.90 bits per heavy atom. The molecular weight excluding hydrogens is 260 g/mol. The maximum atomic E-state index is 5.50. The lowest BCUT2D eigenvalue weighted by atomic mass is 9.96. The van der Waals surface area contributed by atoms with Gasteiger partial charge in [0.25, 0.3) is 0 Å². The number of aryl methyl sites for hydroxylation is 1. The third-order valence-electron chi connectivity index (χ3n) is 3.67. The lowest BCUT2D eigenvalue weighted by molar-refractivity contribution is 0.524. The van der Waals surface area contributed by atoms with Crippen molar-refractivity contribution in [2.45, 2.75) is 26.3 Å². The van der Waals surface area contributed by atoms with Crippen molar-refractivity contribution < 1.29 is 4.42 Å². The number of benzene rings is 1. The molecule has 3 aromatic rings. The summed E-state index contributed by atoms with van der Waals surface area (Å²) in [5, 5.41) is 4.81. The number of pyridine rings is 1. The normalized spacial score (nSPS) is 12.7. The van der Waals surface area contributed by atoms with Crippen LogP contribution < -0.4 is 5.32 Å². The first-order valence-corrected chi connectivity index (χ1v) is 7.41. The molecule has 0 saturated carbocycles. The molecule has 1 unspecified atom stereocenters. The molecule has 108 valence electrons. The predicted octanol–water partition coefficient (Wildman–Crippen LogP) is 4.23. The van der Waals surface area contributed by atoms with E-state index in [0.29, 0.717) is 0 Å². The molecule has 3 nitrogen and oxygen atoms in total. The van der Waals surface area contributed by atoms with Crippen LogP contribution in [0.4, 0.5) is 0 Å². The van der Waals surface area contributed by atoms with E-state index < -0.39 is 0 Å². The van der Waals surface area contributed by atoms with Gasteiger partial charge in [0.05, 0.1) is 17.8 Å². The molecule has 0 fully saturated rings. The summed E-state index contributed by atoms with van der Waals surface area (Å²) in [5.41, 5.74) is 3.44. The summed E-state index contributed by atoms with van der Waals surface area (Å²) in [6.07, 6.45) is 4.77. The Labute approximate surface area is 125 Å². The molecule has 1 atom stereocenters. The highest BCUT2D eigenvalue weighted by Crippen LogP contribution is 2.29. The number of rotatable bonds is 5. The Hall–Kier alpha value is -2.13. The number of nitrogens with one attached hydrogen (secondary N) is 1. The molecule has 1 aromatic carbocycles. The van der Waals surface area contributed by atoms with Gasteiger partial charge in [-0.2, -0.15) is 0 Å². The third kappa shape index (κ3) is 2.83. The summed E-state index contributed by atoms with van der Waals surface area (Å²) in [7, 11) is 0. The quantitative estimate of drug-likeness (QED) is 0.760. The van der Waals surface area contributed by atoms with Crippen LogP contribution in [0.1, 0.15) is 36.3 Å². The van der Waals surface area contributed by atoms with Crippen LogP contribution in [-0.2, 0) is 0 Å². The fourth-order valence-electron chi connectivity index (χ4n) is 2.69. The highest BCUT2D eigenvalue weighted by molar-refractivity contribution is 5.82. The molecule has 0 spiro atoms. The molecular formula is C18H20N2O. The summed E-state index contributed by atoms with van der Waals surface area (Å²) >= 11 is 0. The van der Waals surface area contributed by atoms with Crippen molar-refractivity contribution >= 4 is 10.9 Å². The number of furan rings is 1. The first kappa shape index (κ1) is 13.8. The molecule has 2 heterocycles. The van der Waals surface area contributed by atoms with Crippen molar-refractivity contribution in [1.29, 1.82) is 0 Å². The summed E-state index contributed by atoms with van der Waals surface area (Å²) in [6, 6.07) is 12.6. The molecule has 0 aliphatic heterocycles. The number of aromatic nitrogens is 1. The Morgan fingerprint density at radius 1 is 1.24 bits per heavy atom. The molecule has 21 heavy (non-hydrogen) atoms. The monoisotopic (exact) mass is 280 g/mol. The minimum Gasteiger partial charge on any atom is -0.469 e. The Morgan fingerprint density at radius 2 is 2.14 bits per heavy atom. The smallest absolute Gasteiger partial charge is 0.101 e. The zero-order chi connectivity index (χ0) is 14.7. The van der Waals surface area contributed by atoms with Crippen LogP contribution in [0.15, 0.2) is 53.3 Å². The SMILES string of the molecule is CCCNC(c1coc(C)c1)c1cccc2ncccc12. The second-order valence-electron chi connectivity index (χ2n) is 5.30. The van der Waals surface area contributed by atoms with Crippen LogP contribution in [0.2, 0.25) is 0 Å². The highest BCUT2D eigenvalue weighted by Gasteiger charge is 2.17. The standard InChI is InChI=1S/C18H20N2O/c1-3-9-20-18(14-11-13(2)21-12-14)16-6-4-8-17-15(16)7-5-10-19-17/h4-8,10-12,18,20H,3,9H2,1-2H3. The third-order valence-corrected chi connectivity index (χ3v) is 3.67. The Bertz CT molecular complexity index is 727. The summed E-state index contributed by atoms with van der Waals surface area (Å²) in [4.78, 5) is 4.45. The average Bonchev–Trinajstić information content (AvgIpc) is 2.94. The van der Waals surface area contributed by atoms with Gasteiger partial charge < -0.3 is 9.73 Å². The number of hydrogen-bond acceptors (Lipinski definition) is 3. The van der Waals surface area contributed by atoms with Gasteiger partial charge in [-0.3, -0.25) is 4.98 Å². The number of nitrogens with zero attached hydrogens (tertiary/aromatic N) is 1. The van der Waals surface area contributed by atoms with Crippen molar-refractivity contribution in [3.8, 4) is 0 Å². The van der Waals surface area contributed by atoms with E-state index in [1.165, 1.54) is 10.9 Å². The van der Waals surface area contributed by atoms with E-state index in [1.54, 1.807) is 0 Å². The van der Waals surface area contributed by atoms with E-state index in [-0.39, 0.29) is 6.04 Å². The van der Waals surface area contributed by atoms with Crippen molar-refractivity contribution in [2.75, 3.05) is 6.54 Å². The fourth-order valence-corrected chi connectivity index (χ4v) is 2.69. The van der Waals surface area contributed by atoms with Gasteiger partial charge >= 0.3 is 0 Å². The van der Waals surface area contributed by atoms with E-state index >= 15 is 0 Å². The van der Waals surface area contributed by atoms with Crippen LogP contribution >= 0.6 is 0 Å². The number of hydrogen-bond donors (Lipinski definition) is 1. The average molecular weight is 280 g/mol. The molecule has 0 radical (unpaired) electrons. The fraction of sp³-hybridized carbons (Fsp3) is 0.278. The van der Waals surface area contributed by atoms with Gasteiger partial charge in [0, 0.05) is 17.1 Å². The zero-order valence-corrected chi connectivity index (χ0v) is 12.5. The Kier molecular flexibility index (Phi) is 4.02. The van der Waals surface area contributed by atoms with Gasteiger partial charge in [-0.15, -0.1) is 0 Å². The lowest BCUT2D eigenvalue weighted by Gasteiger charge is -2.19. The number of fused-ring (bicyclic) bond motifs is 1. The molecule has 0 saturated heterocycles. The molecule has 3 heteroatoms. The second-order valence-corrected chi connectivity index (χ2v) is 5.30. The van der Waals surface area contributed by atoms with Crippen molar-refractivity contribution in [1.82, 2.24) is 10.3 Å². The lowest BCUT2D eigenvalue weighted by Crippen LogP contribution is -2.23. The predicted molar refractivity (Wildman–Crippen MR) is 85.3 cm³/mol. The molecule has 0 amide bonds. The van der Waals surface area contributed by atoms with Crippen molar-refractivity contribution in [2.24, 2.45) is 0 Å². The van der Waals surface area contributed by atoms with Crippen molar-refractivity contribution in [3.05, 3.63) is 65.7 Å². The van der Waals surface area contributed by atoms with E-state index in [9.17, 15) is 0 Å². The van der Waals surface area contributed by atoms with Gasteiger partial charge in [-0.1, -0.05) is 25.1 Å². The molecule has 2 aromatic heterocycles. The minimum absolute atomic E-state index is 0.135. The van der Waals surface area contributed by atoms with Gasteiger partial charge in [0.2, 0.25) is 0 Å². The first-order valence-electron chi connectivity index (χ1n) is 7.41. The summed E-state index contributed by atoms with van der Waals surface area (Å²) in [5.74, 6) is 0.937. The largest absolute Gasteiger partial charge is 0.469 e. The Balaban J connectivity index is 2.09. The van der Waals surface area contributed by atoms with E-state index in [0.717, 1.165) is 29.8 Å². The summed E-state index contributed by atoms with van der Waals surface area (Å²) < 4.78 is 5.50. The van der Waals surface area contributed by atoms with Crippen LogP contribution in [0.25, 0.3) is 10.9 Å². The van der Waals surface area contributed by atoms with Gasteiger partial charge in [-0.25, -0.2) is 0 Å². The van der Waals surface area contributed by atoms with Crippen molar-refractivity contribution in [3.63, 3.8) is 0 Å². The van der Waals surface area contributed by atoms with Gasteiger partial charge in [0.1, 0.15) is 5.76 Å². The van der Waals surface area contributed by atoms with Gasteiger partial charge in [-0.05, 0) is 43.7 Å². The maximum absolute atomic E-state index is 5.50. The maximum Gasteiger partial charge on any atom is 0.101 e. The van der Waals surface area contributed by atoms with E-state index in [4.69, 9.17) is 4.42 Å². The second kappa shape index (κ2) is 6.10. The molecule has 0 aliphatic carbocycles. The van der Waals surface area contributed by atoms with Crippen LogP contribution in [-0.4, -0.2) is 11.5 Å². The van der Waals surface area contributed by atoms with Crippen LogP contribution in [0.5, 0.6) is 0 Å². The molecule has 3 rings (SSSR count).